The van der Waals surface area contributed by atoms with Crippen LogP contribution in [0.5, 0.6) is 11.5 Å². The van der Waals surface area contributed by atoms with E-state index in [1.54, 1.807) is 19.1 Å². The number of hydrogen-bond donors (Lipinski definition) is 1. The molecule has 0 aromatic heterocycles. The molecule has 1 rings (SSSR count). The van der Waals surface area contributed by atoms with Gasteiger partial charge in [-0.1, -0.05) is 24.3 Å². The van der Waals surface area contributed by atoms with Gasteiger partial charge in [0.15, 0.2) is 11.5 Å². The number of rotatable bonds is 5. The van der Waals surface area contributed by atoms with Gasteiger partial charge in [-0.15, -0.1) is 0 Å². The van der Waals surface area contributed by atoms with E-state index in [-0.39, 0.29) is 11.5 Å². The molecule has 17 heavy (non-hydrogen) atoms. The zero-order chi connectivity index (χ0) is 12.8. The quantitative estimate of drug-likeness (QED) is 0.865. The highest BCUT2D eigenvalue weighted by Gasteiger charge is 2.13. The van der Waals surface area contributed by atoms with Gasteiger partial charge >= 0.3 is 6.61 Å². The van der Waals surface area contributed by atoms with Crippen LogP contribution in [0.3, 0.4) is 0 Å². The van der Waals surface area contributed by atoms with E-state index in [9.17, 15) is 8.78 Å². The average Bonchev–Trinajstić information content (AvgIpc) is 2.26. The molecule has 1 aromatic carbocycles. The number of methoxy groups -OCH3 is 1. The van der Waals surface area contributed by atoms with Gasteiger partial charge in [0.25, 0.3) is 0 Å². The maximum atomic E-state index is 12.3. The Kier molecular flexibility index (Phi) is 4.90. The summed E-state index contributed by atoms with van der Waals surface area (Å²) in [5, 5.41) is 9.11. The third-order valence-corrected chi connectivity index (χ3v) is 1.99. The number of ether oxygens (including phenoxy) is 2. The van der Waals surface area contributed by atoms with E-state index < -0.39 is 12.7 Å². The minimum atomic E-state index is -2.93. The molecular weight excluding hydrogens is 230 g/mol. The first-order valence-electron chi connectivity index (χ1n) is 5.02. The Hall–Kier alpha value is -1.62. The number of hydrogen-bond acceptors (Lipinski definition) is 3. The molecule has 0 aliphatic carbocycles. The number of aliphatic hydroxyl groups excluding tert-OH is 1. The third kappa shape index (κ3) is 4.03. The van der Waals surface area contributed by atoms with Crippen LogP contribution in [0.4, 0.5) is 8.78 Å². The van der Waals surface area contributed by atoms with Crippen molar-refractivity contribution >= 4 is 6.08 Å². The van der Waals surface area contributed by atoms with Crippen LogP contribution in [-0.4, -0.2) is 24.9 Å². The van der Waals surface area contributed by atoms with Crippen LogP contribution < -0.4 is 9.47 Å². The predicted molar refractivity (Wildman–Crippen MR) is 60.3 cm³/mol. The average molecular weight is 244 g/mol. The Labute approximate surface area is 98.3 Å². The lowest BCUT2D eigenvalue weighted by molar-refractivity contribution is -0.0513. The summed E-state index contributed by atoms with van der Waals surface area (Å²) in [6, 6.07) is 4.77. The van der Waals surface area contributed by atoms with Gasteiger partial charge in [0.2, 0.25) is 0 Å². The highest BCUT2D eigenvalue weighted by Crippen LogP contribution is 2.33. The van der Waals surface area contributed by atoms with Crippen LogP contribution in [0, 0.1) is 0 Å². The van der Waals surface area contributed by atoms with E-state index in [0.717, 1.165) is 0 Å². The fourth-order valence-electron chi connectivity index (χ4n) is 1.28. The summed E-state index contributed by atoms with van der Waals surface area (Å²) in [7, 11) is 1.37. The van der Waals surface area contributed by atoms with Gasteiger partial charge in [0.1, 0.15) is 0 Å². The van der Waals surface area contributed by atoms with Gasteiger partial charge in [-0.05, 0) is 13.0 Å². The molecule has 0 radical (unpaired) electrons. The van der Waals surface area contributed by atoms with Gasteiger partial charge in [-0.25, -0.2) is 0 Å². The van der Waals surface area contributed by atoms with E-state index in [1.165, 1.54) is 25.3 Å². The molecule has 0 saturated carbocycles. The van der Waals surface area contributed by atoms with Crippen molar-refractivity contribution in [3.05, 3.63) is 29.8 Å². The van der Waals surface area contributed by atoms with Gasteiger partial charge in [0.05, 0.1) is 13.2 Å². The Morgan fingerprint density at radius 3 is 2.59 bits per heavy atom. The lowest BCUT2D eigenvalue weighted by Crippen LogP contribution is -2.05. The minimum Gasteiger partial charge on any atom is -0.493 e. The molecule has 0 aliphatic heterocycles. The molecule has 0 amide bonds. The smallest absolute Gasteiger partial charge is 0.387 e. The van der Waals surface area contributed by atoms with E-state index >= 15 is 0 Å². The monoisotopic (exact) mass is 244 g/mol. The number of halogens is 2. The highest BCUT2D eigenvalue weighted by atomic mass is 19.3. The largest absolute Gasteiger partial charge is 0.493 e. The van der Waals surface area contributed by atoms with Gasteiger partial charge < -0.3 is 14.6 Å². The maximum absolute atomic E-state index is 12.3. The first kappa shape index (κ1) is 13.4. The first-order chi connectivity index (χ1) is 8.04. The van der Waals surface area contributed by atoms with Crippen molar-refractivity contribution in [2.45, 2.75) is 19.6 Å². The van der Waals surface area contributed by atoms with Crippen molar-refractivity contribution < 1.29 is 23.4 Å². The molecule has 0 spiro atoms. The topological polar surface area (TPSA) is 38.7 Å². The lowest BCUT2D eigenvalue weighted by atomic mass is 10.1. The fourth-order valence-corrected chi connectivity index (χ4v) is 1.28. The Balaban J connectivity index is 3.09. The maximum Gasteiger partial charge on any atom is 0.387 e. The van der Waals surface area contributed by atoms with Crippen LogP contribution in [0.15, 0.2) is 24.3 Å². The van der Waals surface area contributed by atoms with Crippen molar-refractivity contribution in [3.63, 3.8) is 0 Å². The van der Waals surface area contributed by atoms with Crippen molar-refractivity contribution in [2.75, 3.05) is 7.11 Å². The van der Waals surface area contributed by atoms with Crippen LogP contribution in [-0.2, 0) is 0 Å². The molecule has 1 aromatic rings. The zero-order valence-electron chi connectivity index (χ0n) is 9.56. The normalized spacial score (nSPS) is 13.1. The van der Waals surface area contributed by atoms with Crippen molar-refractivity contribution in [3.8, 4) is 11.5 Å². The molecule has 0 saturated heterocycles. The lowest BCUT2D eigenvalue weighted by Gasteiger charge is -2.12. The first-order valence-corrected chi connectivity index (χ1v) is 5.02. The van der Waals surface area contributed by atoms with Crippen LogP contribution in [0.2, 0.25) is 0 Å². The van der Waals surface area contributed by atoms with E-state index in [0.29, 0.717) is 5.56 Å². The van der Waals surface area contributed by atoms with E-state index in [2.05, 4.69) is 4.74 Å². The van der Waals surface area contributed by atoms with Crippen LogP contribution >= 0.6 is 0 Å². The van der Waals surface area contributed by atoms with Gasteiger partial charge in [0, 0.05) is 5.56 Å². The molecule has 1 unspecified atom stereocenters. The molecule has 3 nitrogen and oxygen atoms in total. The molecule has 1 atom stereocenters. The molecular formula is C12H14F2O3. The van der Waals surface area contributed by atoms with E-state index in [4.69, 9.17) is 9.84 Å². The van der Waals surface area contributed by atoms with Crippen molar-refractivity contribution in [2.24, 2.45) is 0 Å². The summed E-state index contributed by atoms with van der Waals surface area (Å²) in [5.41, 5.74) is 0.422. The minimum absolute atomic E-state index is 0.0399. The van der Waals surface area contributed by atoms with Gasteiger partial charge in [-0.2, -0.15) is 8.78 Å². The Morgan fingerprint density at radius 1 is 1.35 bits per heavy atom. The summed E-state index contributed by atoms with van der Waals surface area (Å²) in [5.74, 6) is 0.181. The molecule has 0 bridgehead atoms. The molecule has 0 heterocycles. The molecule has 1 N–H and O–H groups in total. The number of alkyl halides is 2. The van der Waals surface area contributed by atoms with Crippen molar-refractivity contribution in [1.82, 2.24) is 0 Å². The second-order valence-corrected chi connectivity index (χ2v) is 3.36. The standard InChI is InChI=1S/C12H14F2O3/c1-8(15)6-7-9-4-3-5-10(16-2)11(9)17-12(13)14/h3-8,12,15H,1-2H3/b7-6+. The zero-order valence-corrected chi connectivity index (χ0v) is 9.56. The second-order valence-electron chi connectivity index (χ2n) is 3.36. The molecule has 5 heteroatoms. The number of benzene rings is 1. The predicted octanol–water partition coefficient (Wildman–Crippen LogP) is 2.69. The summed E-state index contributed by atoms with van der Waals surface area (Å²) in [4.78, 5) is 0. The van der Waals surface area contributed by atoms with Gasteiger partial charge in [-0.3, -0.25) is 0 Å². The number of aliphatic hydroxyl groups is 1. The second kappa shape index (κ2) is 6.20. The van der Waals surface area contributed by atoms with E-state index in [1.807, 2.05) is 0 Å². The third-order valence-electron chi connectivity index (χ3n) is 1.99. The summed E-state index contributed by atoms with van der Waals surface area (Å²) in [6.07, 6.45) is 2.30. The Morgan fingerprint density at radius 2 is 2.06 bits per heavy atom. The van der Waals surface area contributed by atoms with Crippen LogP contribution in [0.25, 0.3) is 6.08 Å². The SMILES string of the molecule is COc1cccc(/C=C/C(C)O)c1OC(F)F. The number of para-hydroxylation sites is 1. The summed E-state index contributed by atoms with van der Waals surface area (Å²) >= 11 is 0. The highest BCUT2D eigenvalue weighted by molar-refractivity contribution is 5.62. The summed E-state index contributed by atoms with van der Waals surface area (Å²) in [6.45, 7) is -1.37. The molecule has 0 fully saturated rings. The molecule has 0 aliphatic rings. The fraction of sp³-hybridized carbons (Fsp3) is 0.333. The van der Waals surface area contributed by atoms with Crippen molar-refractivity contribution in [1.29, 1.82) is 0 Å². The van der Waals surface area contributed by atoms with Crippen LogP contribution in [0.1, 0.15) is 12.5 Å². The molecule has 94 valence electrons. The summed E-state index contributed by atoms with van der Waals surface area (Å²) < 4.78 is 33.9. The Bertz CT molecular complexity index is 389.